The molecule has 1 aromatic rings. The molecule has 0 atom stereocenters. The molecular weight excluding hydrogens is 350 g/mol. The molecular formula is C19H31N3O3S. The molecule has 6 nitrogen and oxygen atoms in total. The summed E-state index contributed by atoms with van der Waals surface area (Å²) in [5, 5.41) is 2.90. The van der Waals surface area contributed by atoms with Crippen molar-refractivity contribution in [2.75, 3.05) is 42.1 Å². The van der Waals surface area contributed by atoms with E-state index in [2.05, 4.69) is 10.2 Å². The monoisotopic (exact) mass is 381 g/mol. The van der Waals surface area contributed by atoms with Gasteiger partial charge < -0.3 is 10.2 Å². The minimum atomic E-state index is -3.12. The first kappa shape index (κ1) is 20.7. The van der Waals surface area contributed by atoms with Gasteiger partial charge in [-0.25, -0.2) is 8.42 Å². The quantitative estimate of drug-likeness (QED) is 0.752. The fourth-order valence-corrected chi connectivity index (χ4v) is 4.65. The molecule has 0 aromatic heterocycles. The summed E-state index contributed by atoms with van der Waals surface area (Å²) in [4.78, 5) is 14.0. The van der Waals surface area contributed by atoms with E-state index in [0.29, 0.717) is 44.9 Å². The molecule has 0 spiro atoms. The van der Waals surface area contributed by atoms with Crippen molar-refractivity contribution in [1.29, 1.82) is 0 Å². The third-order valence-corrected chi connectivity index (χ3v) is 6.45. The molecule has 2 rings (SSSR count). The summed E-state index contributed by atoms with van der Waals surface area (Å²) in [6.45, 7) is 8.46. The van der Waals surface area contributed by atoms with Gasteiger partial charge in [-0.1, -0.05) is 27.2 Å². The number of nitrogens with zero attached hydrogens (tertiary/aromatic N) is 2. The molecule has 7 heteroatoms. The van der Waals surface area contributed by atoms with Gasteiger partial charge in [0.2, 0.25) is 15.9 Å². The zero-order valence-electron chi connectivity index (χ0n) is 16.1. The SMILES string of the molecule is CCCCS(=O)(=O)N1CCN(c2ccc(NC(=O)CC(C)C)cc2)CC1. The lowest BCUT2D eigenvalue weighted by Crippen LogP contribution is -2.49. The van der Waals surface area contributed by atoms with Gasteiger partial charge in [-0.2, -0.15) is 4.31 Å². The molecule has 1 aromatic carbocycles. The number of piperazine rings is 1. The molecule has 1 saturated heterocycles. The van der Waals surface area contributed by atoms with Crippen molar-refractivity contribution in [3.05, 3.63) is 24.3 Å². The van der Waals surface area contributed by atoms with Crippen LogP contribution in [0, 0.1) is 5.92 Å². The number of hydrogen-bond donors (Lipinski definition) is 1. The molecule has 1 aliphatic heterocycles. The van der Waals surface area contributed by atoms with Crippen molar-refractivity contribution >= 4 is 27.3 Å². The van der Waals surface area contributed by atoms with E-state index in [9.17, 15) is 13.2 Å². The second-order valence-electron chi connectivity index (χ2n) is 7.25. The van der Waals surface area contributed by atoms with E-state index in [-0.39, 0.29) is 11.7 Å². The molecule has 0 aliphatic carbocycles. The number of nitrogens with one attached hydrogen (secondary N) is 1. The highest BCUT2D eigenvalue weighted by Gasteiger charge is 2.26. The van der Waals surface area contributed by atoms with Crippen LogP contribution < -0.4 is 10.2 Å². The molecule has 0 bridgehead atoms. The average Bonchev–Trinajstić information content (AvgIpc) is 2.60. The standard InChI is InChI=1S/C19H31N3O3S/c1-4-5-14-26(24,25)22-12-10-21(11-13-22)18-8-6-17(7-9-18)20-19(23)15-16(2)3/h6-9,16H,4-5,10-15H2,1-3H3,(H,20,23). The number of benzene rings is 1. The van der Waals surface area contributed by atoms with Crippen molar-refractivity contribution in [3.63, 3.8) is 0 Å². The van der Waals surface area contributed by atoms with E-state index in [1.807, 2.05) is 45.0 Å². The first-order valence-electron chi connectivity index (χ1n) is 9.44. The summed E-state index contributed by atoms with van der Waals surface area (Å²) in [7, 11) is -3.12. The second kappa shape index (κ2) is 9.37. The van der Waals surface area contributed by atoms with E-state index in [4.69, 9.17) is 0 Å². The van der Waals surface area contributed by atoms with Gasteiger partial charge in [-0.3, -0.25) is 4.79 Å². The fraction of sp³-hybridized carbons (Fsp3) is 0.632. The first-order valence-corrected chi connectivity index (χ1v) is 11.1. The predicted molar refractivity (Wildman–Crippen MR) is 107 cm³/mol. The van der Waals surface area contributed by atoms with E-state index < -0.39 is 10.0 Å². The number of carbonyl (C=O) groups excluding carboxylic acids is 1. The highest BCUT2D eigenvalue weighted by molar-refractivity contribution is 7.89. The van der Waals surface area contributed by atoms with E-state index in [1.165, 1.54) is 0 Å². The van der Waals surface area contributed by atoms with E-state index in [0.717, 1.165) is 17.8 Å². The number of anilines is 2. The van der Waals surface area contributed by atoms with Crippen LogP contribution in [0.15, 0.2) is 24.3 Å². The van der Waals surface area contributed by atoms with Crippen LogP contribution in [0.4, 0.5) is 11.4 Å². The fourth-order valence-electron chi connectivity index (χ4n) is 3.02. The number of amides is 1. The Balaban J connectivity index is 1.88. The number of sulfonamides is 1. The maximum absolute atomic E-state index is 12.3. The van der Waals surface area contributed by atoms with Crippen LogP contribution in [-0.2, 0) is 14.8 Å². The molecule has 1 amide bonds. The maximum atomic E-state index is 12.3. The number of hydrogen-bond acceptors (Lipinski definition) is 4. The Labute approximate surface area is 157 Å². The van der Waals surface area contributed by atoms with Crippen LogP contribution in [0.1, 0.15) is 40.0 Å². The first-order chi connectivity index (χ1) is 12.3. The molecule has 0 unspecified atom stereocenters. The van der Waals surface area contributed by atoms with Crippen LogP contribution in [-0.4, -0.2) is 50.6 Å². The Hall–Kier alpha value is -1.60. The van der Waals surface area contributed by atoms with Crippen LogP contribution in [0.5, 0.6) is 0 Å². The summed E-state index contributed by atoms with van der Waals surface area (Å²) in [5.41, 5.74) is 1.85. The smallest absolute Gasteiger partial charge is 0.224 e. The number of rotatable bonds is 8. The van der Waals surface area contributed by atoms with Gasteiger partial charge in [-0.05, 0) is 36.6 Å². The minimum absolute atomic E-state index is 0.0265. The van der Waals surface area contributed by atoms with Gasteiger partial charge in [0.15, 0.2) is 0 Å². The normalized spacial score (nSPS) is 16.1. The third-order valence-electron chi connectivity index (χ3n) is 4.50. The van der Waals surface area contributed by atoms with Crippen molar-refractivity contribution in [2.45, 2.75) is 40.0 Å². The second-order valence-corrected chi connectivity index (χ2v) is 9.34. The molecule has 0 saturated carbocycles. The van der Waals surface area contributed by atoms with Gasteiger partial charge in [0.25, 0.3) is 0 Å². The van der Waals surface area contributed by atoms with Crippen molar-refractivity contribution in [3.8, 4) is 0 Å². The largest absolute Gasteiger partial charge is 0.369 e. The zero-order chi connectivity index (χ0) is 19.2. The van der Waals surface area contributed by atoms with E-state index in [1.54, 1.807) is 4.31 Å². The lowest BCUT2D eigenvalue weighted by atomic mass is 10.1. The molecule has 26 heavy (non-hydrogen) atoms. The van der Waals surface area contributed by atoms with Crippen molar-refractivity contribution < 1.29 is 13.2 Å². The Morgan fingerprint density at radius 2 is 1.73 bits per heavy atom. The van der Waals surface area contributed by atoms with Crippen LogP contribution in [0.2, 0.25) is 0 Å². The third kappa shape index (κ3) is 5.99. The van der Waals surface area contributed by atoms with Crippen molar-refractivity contribution in [1.82, 2.24) is 4.31 Å². The molecule has 1 fully saturated rings. The van der Waals surface area contributed by atoms with Gasteiger partial charge in [0, 0.05) is 44.0 Å². The summed E-state index contributed by atoms with van der Waals surface area (Å²) < 4.78 is 26.2. The minimum Gasteiger partial charge on any atom is -0.369 e. The van der Waals surface area contributed by atoms with Crippen LogP contribution >= 0.6 is 0 Å². The van der Waals surface area contributed by atoms with Gasteiger partial charge in [-0.15, -0.1) is 0 Å². The summed E-state index contributed by atoms with van der Waals surface area (Å²) >= 11 is 0. The molecule has 1 heterocycles. The Morgan fingerprint density at radius 1 is 1.12 bits per heavy atom. The zero-order valence-corrected chi connectivity index (χ0v) is 16.9. The Bertz CT molecular complexity index is 678. The van der Waals surface area contributed by atoms with Crippen LogP contribution in [0.3, 0.4) is 0 Å². The van der Waals surface area contributed by atoms with Crippen molar-refractivity contribution in [2.24, 2.45) is 5.92 Å². The topological polar surface area (TPSA) is 69.7 Å². The average molecular weight is 382 g/mol. The summed E-state index contributed by atoms with van der Waals surface area (Å²) in [6.07, 6.45) is 2.11. The molecule has 1 aliphatic rings. The highest BCUT2D eigenvalue weighted by Crippen LogP contribution is 2.21. The van der Waals surface area contributed by atoms with Gasteiger partial charge in [0.1, 0.15) is 0 Å². The maximum Gasteiger partial charge on any atom is 0.224 e. The Morgan fingerprint density at radius 3 is 2.27 bits per heavy atom. The number of unbranched alkanes of at least 4 members (excludes halogenated alkanes) is 1. The highest BCUT2D eigenvalue weighted by atomic mass is 32.2. The Kier molecular flexibility index (Phi) is 7.46. The number of carbonyl (C=O) groups is 1. The summed E-state index contributed by atoms with van der Waals surface area (Å²) in [5.74, 6) is 0.603. The van der Waals surface area contributed by atoms with E-state index >= 15 is 0 Å². The molecule has 0 radical (unpaired) electrons. The van der Waals surface area contributed by atoms with Crippen LogP contribution in [0.25, 0.3) is 0 Å². The summed E-state index contributed by atoms with van der Waals surface area (Å²) in [6, 6.07) is 7.76. The molecule has 1 N–H and O–H groups in total. The lowest BCUT2D eigenvalue weighted by molar-refractivity contribution is -0.116. The van der Waals surface area contributed by atoms with Gasteiger partial charge in [0.05, 0.1) is 5.75 Å². The lowest BCUT2D eigenvalue weighted by Gasteiger charge is -2.35. The predicted octanol–water partition coefficient (Wildman–Crippen LogP) is 2.92. The molecule has 146 valence electrons. The van der Waals surface area contributed by atoms with Gasteiger partial charge >= 0.3 is 0 Å².